The SMILES string of the molecule is O=C(Oc1ccccc1[N+](=O)[O-])c1ccccc1F. The quantitative estimate of drug-likeness (QED) is 0.368. The molecule has 0 heterocycles. The second-order valence-electron chi connectivity index (χ2n) is 3.59. The van der Waals surface area contributed by atoms with E-state index in [0.29, 0.717) is 0 Å². The Hall–Kier alpha value is -2.76. The molecule has 2 aromatic rings. The molecule has 0 saturated heterocycles. The Kier molecular flexibility index (Phi) is 3.51. The third kappa shape index (κ3) is 2.74. The van der Waals surface area contributed by atoms with Crippen molar-refractivity contribution in [3.8, 4) is 5.75 Å². The van der Waals surface area contributed by atoms with Crippen LogP contribution in [0.1, 0.15) is 10.4 Å². The van der Waals surface area contributed by atoms with Crippen LogP contribution < -0.4 is 4.74 Å². The first kappa shape index (κ1) is 12.7. The minimum atomic E-state index is -0.979. The average Bonchev–Trinajstić information content (AvgIpc) is 2.39. The van der Waals surface area contributed by atoms with Crippen LogP contribution in [0.5, 0.6) is 5.75 Å². The summed E-state index contributed by atoms with van der Waals surface area (Å²) in [4.78, 5) is 21.8. The molecule has 0 N–H and O–H groups in total. The van der Waals surface area contributed by atoms with Gasteiger partial charge in [0, 0.05) is 6.07 Å². The standard InChI is InChI=1S/C13H8FNO4/c14-10-6-2-1-5-9(10)13(16)19-12-8-4-3-7-11(12)15(17)18/h1-8H. The van der Waals surface area contributed by atoms with Gasteiger partial charge in [0.25, 0.3) is 0 Å². The molecule has 0 spiro atoms. The van der Waals surface area contributed by atoms with Crippen molar-refractivity contribution >= 4 is 11.7 Å². The Morgan fingerprint density at radius 1 is 1.11 bits per heavy atom. The van der Waals surface area contributed by atoms with Gasteiger partial charge in [0.2, 0.25) is 5.75 Å². The van der Waals surface area contributed by atoms with Gasteiger partial charge in [-0.25, -0.2) is 9.18 Å². The van der Waals surface area contributed by atoms with E-state index < -0.39 is 16.7 Å². The molecule has 19 heavy (non-hydrogen) atoms. The molecule has 6 heteroatoms. The monoisotopic (exact) mass is 261 g/mol. The highest BCUT2D eigenvalue weighted by atomic mass is 19.1. The van der Waals surface area contributed by atoms with Crippen LogP contribution in [0.2, 0.25) is 0 Å². The predicted molar refractivity (Wildman–Crippen MR) is 64.5 cm³/mol. The van der Waals surface area contributed by atoms with Gasteiger partial charge < -0.3 is 4.74 Å². The van der Waals surface area contributed by atoms with Gasteiger partial charge in [0.05, 0.1) is 10.5 Å². The van der Waals surface area contributed by atoms with Gasteiger partial charge in [0.15, 0.2) is 0 Å². The maximum atomic E-state index is 13.4. The van der Waals surface area contributed by atoms with Crippen LogP contribution >= 0.6 is 0 Å². The fraction of sp³-hybridized carbons (Fsp3) is 0. The van der Waals surface area contributed by atoms with E-state index in [1.807, 2.05) is 0 Å². The topological polar surface area (TPSA) is 69.4 Å². The Balaban J connectivity index is 2.30. The lowest BCUT2D eigenvalue weighted by Crippen LogP contribution is -2.11. The van der Waals surface area contributed by atoms with Crippen molar-refractivity contribution in [2.24, 2.45) is 0 Å². The smallest absolute Gasteiger partial charge is 0.346 e. The Morgan fingerprint density at radius 3 is 2.42 bits per heavy atom. The first-order valence-corrected chi connectivity index (χ1v) is 5.29. The molecular formula is C13H8FNO4. The number of hydrogen-bond acceptors (Lipinski definition) is 4. The molecule has 0 aliphatic rings. The van der Waals surface area contributed by atoms with E-state index in [9.17, 15) is 19.3 Å². The largest absolute Gasteiger partial charge is 0.415 e. The maximum absolute atomic E-state index is 13.4. The second kappa shape index (κ2) is 5.26. The number of para-hydroxylation sites is 2. The van der Waals surface area contributed by atoms with Crippen LogP contribution in [0.15, 0.2) is 48.5 Å². The number of nitrogens with zero attached hydrogens (tertiary/aromatic N) is 1. The number of nitro groups is 1. The van der Waals surface area contributed by atoms with E-state index in [2.05, 4.69) is 0 Å². The van der Waals surface area contributed by atoms with Gasteiger partial charge in [-0.05, 0) is 18.2 Å². The summed E-state index contributed by atoms with van der Waals surface area (Å²) < 4.78 is 18.2. The molecule has 0 aromatic heterocycles. The number of rotatable bonds is 3. The average molecular weight is 261 g/mol. The van der Waals surface area contributed by atoms with Crippen LogP contribution in [0.3, 0.4) is 0 Å². The van der Waals surface area contributed by atoms with Crippen LogP contribution in [-0.4, -0.2) is 10.9 Å². The lowest BCUT2D eigenvalue weighted by Gasteiger charge is -2.05. The zero-order valence-electron chi connectivity index (χ0n) is 9.58. The number of hydrogen-bond donors (Lipinski definition) is 0. The summed E-state index contributed by atoms with van der Waals surface area (Å²) in [5.74, 6) is -1.95. The number of esters is 1. The normalized spacial score (nSPS) is 9.95. The molecule has 96 valence electrons. The molecule has 0 unspecified atom stereocenters. The van der Waals surface area contributed by atoms with Gasteiger partial charge >= 0.3 is 11.7 Å². The van der Waals surface area contributed by atoms with E-state index in [1.165, 1.54) is 42.5 Å². The minimum absolute atomic E-state index is 0.222. The number of ether oxygens (including phenoxy) is 1. The molecule has 0 fully saturated rings. The van der Waals surface area contributed by atoms with Crippen molar-refractivity contribution in [3.63, 3.8) is 0 Å². The number of halogens is 1. The lowest BCUT2D eigenvalue weighted by atomic mass is 10.2. The number of carbonyl (C=O) groups excluding carboxylic acids is 1. The summed E-state index contributed by atoms with van der Waals surface area (Å²) in [5, 5.41) is 10.7. The zero-order chi connectivity index (χ0) is 13.8. The predicted octanol–water partition coefficient (Wildman–Crippen LogP) is 2.95. The van der Waals surface area contributed by atoms with Crippen LogP contribution in [-0.2, 0) is 0 Å². The van der Waals surface area contributed by atoms with E-state index in [-0.39, 0.29) is 17.0 Å². The van der Waals surface area contributed by atoms with Crippen molar-refractivity contribution in [3.05, 3.63) is 70.0 Å². The number of carbonyl (C=O) groups is 1. The fourth-order valence-electron chi connectivity index (χ4n) is 1.48. The maximum Gasteiger partial charge on any atom is 0.346 e. The zero-order valence-corrected chi connectivity index (χ0v) is 9.58. The molecule has 0 aliphatic carbocycles. The molecule has 0 amide bonds. The summed E-state index contributed by atoms with van der Waals surface area (Å²) in [6.07, 6.45) is 0. The Labute approximate surface area is 107 Å². The molecule has 2 aromatic carbocycles. The molecular weight excluding hydrogens is 253 g/mol. The first-order chi connectivity index (χ1) is 9.09. The van der Waals surface area contributed by atoms with Gasteiger partial charge in [0.1, 0.15) is 5.82 Å². The number of nitro benzene ring substituents is 1. The van der Waals surface area contributed by atoms with Crippen LogP contribution in [0.25, 0.3) is 0 Å². The Bertz CT molecular complexity index is 642. The van der Waals surface area contributed by atoms with Crippen LogP contribution in [0.4, 0.5) is 10.1 Å². The van der Waals surface area contributed by atoms with E-state index >= 15 is 0 Å². The molecule has 0 aliphatic heterocycles. The molecule has 0 atom stereocenters. The van der Waals surface area contributed by atoms with Crippen molar-refractivity contribution < 1.29 is 18.8 Å². The molecule has 0 bridgehead atoms. The summed E-state index contributed by atoms with van der Waals surface area (Å²) >= 11 is 0. The van der Waals surface area contributed by atoms with Gasteiger partial charge in [-0.1, -0.05) is 24.3 Å². The second-order valence-corrected chi connectivity index (χ2v) is 3.59. The van der Waals surface area contributed by atoms with Crippen molar-refractivity contribution in [1.29, 1.82) is 0 Å². The van der Waals surface area contributed by atoms with E-state index in [1.54, 1.807) is 0 Å². The van der Waals surface area contributed by atoms with Gasteiger partial charge in [-0.15, -0.1) is 0 Å². The molecule has 0 radical (unpaired) electrons. The number of benzene rings is 2. The summed E-state index contributed by atoms with van der Waals surface area (Å²) in [5.41, 5.74) is -0.632. The van der Waals surface area contributed by atoms with Gasteiger partial charge in [-0.2, -0.15) is 0 Å². The van der Waals surface area contributed by atoms with E-state index in [4.69, 9.17) is 4.74 Å². The highest BCUT2D eigenvalue weighted by molar-refractivity contribution is 5.91. The fourth-order valence-corrected chi connectivity index (χ4v) is 1.48. The Morgan fingerprint density at radius 2 is 1.74 bits per heavy atom. The molecule has 5 nitrogen and oxygen atoms in total. The van der Waals surface area contributed by atoms with Crippen molar-refractivity contribution in [2.75, 3.05) is 0 Å². The molecule has 0 saturated carbocycles. The summed E-state index contributed by atoms with van der Waals surface area (Å²) in [6, 6.07) is 10.6. The molecule has 2 rings (SSSR count). The highest BCUT2D eigenvalue weighted by Gasteiger charge is 2.19. The van der Waals surface area contributed by atoms with Crippen LogP contribution in [0, 0.1) is 15.9 Å². The third-order valence-corrected chi connectivity index (χ3v) is 2.36. The lowest BCUT2D eigenvalue weighted by molar-refractivity contribution is -0.385. The van der Waals surface area contributed by atoms with E-state index in [0.717, 1.165) is 6.07 Å². The first-order valence-electron chi connectivity index (χ1n) is 5.29. The third-order valence-electron chi connectivity index (χ3n) is 2.36. The van der Waals surface area contributed by atoms with Crippen molar-refractivity contribution in [2.45, 2.75) is 0 Å². The van der Waals surface area contributed by atoms with Gasteiger partial charge in [-0.3, -0.25) is 10.1 Å². The minimum Gasteiger partial charge on any atom is -0.415 e. The highest BCUT2D eigenvalue weighted by Crippen LogP contribution is 2.26. The summed E-state index contributed by atoms with van der Waals surface area (Å²) in [7, 11) is 0. The van der Waals surface area contributed by atoms with Crippen molar-refractivity contribution in [1.82, 2.24) is 0 Å². The summed E-state index contributed by atoms with van der Waals surface area (Å²) in [6.45, 7) is 0.